The van der Waals surface area contributed by atoms with Crippen LogP contribution in [0.3, 0.4) is 0 Å². The average molecular weight is 274 g/mol. The molecule has 1 heterocycles. The van der Waals surface area contributed by atoms with Gasteiger partial charge in [0.15, 0.2) is 0 Å². The Bertz CT molecular complexity index is 462. The van der Waals surface area contributed by atoms with Crippen LogP contribution in [0.4, 0.5) is 0 Å². The number of alkyl halides is 1. The molecule has 0 N–H and O–H groups in total. The van der Waals surface area contributed by atoms with Crippen LogP contribution in [0.2, 0.25) is 0 Å². The molecule has 94 valence electrons. The van der Waals surface area contributed by atoms with Gasteiger partial charge in [-0.15, -0.1) is 11.6 Å². The summed E-state index contributed by atoms with van der Waals surface area (Å²) in [7, 11) is -3.13. The molecule has 0 aromatic heterocycles. The summed E-state index contributed by atoms with van der Waals surface area (Å²) in [6, 6.07) is 7.87. The number of sulfonamides is 1. The molecule has 0 saturated carbocycles. The second-order valence-electron chi connectivity index (χ2n) is 4.25. The maximum absolute atomic E-state index is 12.1. The molecule has 0 bridgehead atoms. The van der Waals surface area contributed by atoms with Gasteiger partial charge in [0.05, 0.1) is 5.75 Å². The number of fused-ring (bicyclic) bond motifs is 1. The molecule has 17 heavy (non-hydrogen) atoms. The highest BCUT2D eigenvalue weighted by Crippen LogP contribution is 2.25. The summed E-state index contributed by atoms with van der Waals surface area (Å²) in [6.45, 7) is 1.03. The Morgan fingerprint density at radius 3 is 2.24 bits per heavy atom. The highest BCUT2D eigenvalue weighted by Gasteiger charge is 2.28. The van der Waals surface area contributed by atoms with E-state index in [1.54, 1.807) is 4.31 Å². The summed E-state index contributed by atoms with van der Waals surface area (Å²) >= 11 is 5.55. The number of unbranched alkanes of at least 4 members (excludes halogenated alkanes) is 1. The highest BCUT2D eigenvalue weighted by atomic mass is 35.5. The van der Waals surface area contributed by atoms with E-state index in [0.29, 0.717) is 25.4 Å². The van der Waals surface area contributed by atoms with Gasteiger partial charge >= 0.3 is 0 Å². The van der Waals surface area contributed by atoms with Crippen molar-refractivity contribution in [1.82, 2.24) is 4.31 Å². The second kappa shape index (κ2) is 5.38. The maximum Gasteiger partial charge on any atom is 0.214 e. The third kappa shape index (κ3) is 3.00. The zero-order valence-electron chi connectivity index (χ0n) is 9.60. The highest BCUT2D eigenvalue weighted by molar-refractivity contribution is 7.89. The van der Waals surface area contributed by atoms with E-state index in [1.165, 1.54) is 0 Å². The van der Waals surface area contributed by atoms with Crippen LogP contribution in [0.25, 0.3) is 0 Å². The van der Waals surface area contributed by atoms with Gasteiger partial charge in [-0.05, 0) is 24.0 Å². The van der Waals surface area contributed by atoms with Crippen LogP contribution < -0.4 is 0 Å². The first-order chi connectivity index (χ1) is 8.13. The van der Waals surface area contributed by atoms with Crippen LogP contribution >= 0.6 is 11.6 Å². The first kappa shape index (κ1) is 12.9. The summed E-state index contributed by atoms with van der Waals surface area (Å²) in [5.41, 5.74) is 2.24. The SMILES string of the molecule is O=S(=O)(CCCCCl)N1Cc2ccccc2C1. The molecule has 0 unspecified atom stereocenters. The van der Waals surface area contributed by atoms with Gasteiger partial charge in [-0.2, -0.15) is 4.31 Å². The van der Waals surface area contributed by atoms with E-state index in [-0.39, 0.29) is 5.75 Å². The van der Waals surface area contributed by atoms with Crippen LogP contribution in [0.5, 0.6) is 0 Å². The van der Waals surface area contributed by atoms with Crippen LogP contribution in [-0.2, 0) is 23.1 Å². The topological polar surface area (TPSA) is 37.4 Å². The summed E-state index contributed by atoms with van der Waals surface area (Å²) in [6.07, 6.45) is 1.39. The van der Waals surface area contributed by atoms with Crippen LogP contribution in [0.15, 0.2) is 24.3 Å². The Kier molecular flexibility index (Phi) is 4.07. The predicted octanol–water partition coefficient (Wildman–Crippen LogP) is 2.35. The first-order valence-corrected chi connectivity index (χ1v) is 7.88. The number of rotatable bonds is 5. The summed E-state index contributed by atoms with van der Waals surface area (Å²) in [5, 5.41) is 0. The smallest absolute Gasteiger partial charge is 0.212 e. The fourth-order valence-corrected chi connectivity index (χ4v) is 3.69. The largest absolute Gasteiger partial charge is 0.214 e. The van der Waals surface area contributed by atoms with Gasteiger partial charge in [-0.3, -0.25) is 0 Å². The Morgan fingerprint density at radius 1 is 1.12 bits per heavy atom. The lowest BCUT2D eigenvalue weighted by molar-refractivity contribution is 0.430. The second-order valence-corrected chi connectivity index (χ2v) is 6.72. The summed E-state index contributed by atoms with van der Waals surface area (Å²) < 4.78 is 25.7. The fourth-order valence-electron chi connectivity index (χ4n) is 2.01. The van der Waals surface area contributed by atoms with Gasteiger partial charge < -0.3 is 0 Å². The molecule has 0 spiro atoms. The predicted molar refractivity (Wildman–Crippen MR) is 69.4 cm³/mol. The van der Waals surface area contributed by atoms with Crippen LogP contribution in [0, 0.1) is 0 Å². The van der Waals surface area contributed by atoms with Gasteiger partial charge in [-0.25, -0.2) is 8.42 Å². The number of benzene rings is 1. The minimum absolute atomic E-state index is 0.202. The van der Waals surface area contributed by atoms with Crippen molar-refractivity contribution in [2.75, 3.05) is 11.6 Å². The molecule has 0 aliphatic carbocycles. The van der Waals surface area contributed by atoms with Gasteiger partial charge in [0.2, 0.25) is 10.0 Å². The van der Waals surface area contributed by atoms with Crippen molar-refractivity contribution in [3.63, 3.8) is 0 Å². The standard InChI is InChI=1S/C12H16ClNO2S/c13-7-3-4-8-17(15,16)14-9-11-5-1-2-6-12(11)10-14/h1-2,5-6H,3-4,7-10H2. The molecule has 1 aliphatic rings. The van der Waals surface area contributed by atoms with E-state index in [1.807, 2.05) is 24.3 Å². The third-order valence-corrected chi connectivity index (χ3v) is 5.11. The molecule has 0 fully saturated rings. The van der Waals surface area contributed by atoms with Crippen molar-refractivity contribution in [2.45, 2.75) is 25.9 Å². The zero-order valence-corrected chi connectivity index (χ0v) is 11.2. The van der Waals surface area contributed by atoms with E-state index < -0.39 is 10.0 Å². The minimum Gasteiger partial charge on any atom is -0.212 e. The molecule has 3 nitrogen and oxygen atoms in total. The van der Waals surface area contributed by atoms with Crippen molar-refractivity contribution in [1.29, 1.82) is 0 Å². The van der Waals surface area contributed by atoms with Crippen LogP contribution in [0.1, 0.15) is 24.0 Å². The molecule has 0 atom stereocenters. The molecule has 2 rings (SSSR count). The molecule has 1 aromatic rings. The quantitative estimate of drug-likeness (QED) is 0.610. The zero-order chi connectivity index (χ0) is 12.3. The molecule has 0 radical (unpaired) electrons. The van der Waals surface area contributed by atoms with Crippen molar-refractivity contribution in [3.05, 3.63) is 35.4 Å². The average Bonchev–Trinajstić information content (AvgIpc) is 2.73. The van der Waals surface area contributed by atoms with Gasteiger partial charge in [-0.1, -0.05) is 24.3 Å². The molecule has 0 saturated heterocycles. The van der Waals surface area contributed by atoms with Crippen molar-refractivity contribution in [2.24, 2.45) is 0 Å². The van der Waals surface area contributed by atoms with E-state index >= 15 is 0 Å². The molecule has 1 aromatic carbocycles. The third-order valence-electron chi connectivity index (χ3n) is 2.99. The Morgan fingerprint density at radius 2 is 1.71 bits per heavy atom. The number of hydrogen-bond acceptors (Lipinski definition) is 2. The van der Waals surface area contributed by atoms with Gasteiger partial charge in [0.1, 0.15) is 0 Å². The van der Waals surface area contributed by atoms with Crippen LogP contribution in [-0.4, -0.2) is 24.4 Å². The minimum atomic E-state index is -3.13. The Balaban J connectivity index is 2.02. The van der Waals surface area contributed by atoms with E-state index in [4.69, 9.17) is 11.6 Å². The normalized spacial score (nSPS) is 16.1. The summed E-state index contributed by atoms with van der Waals surface area (Å²) in [5.74, 6) is 0.726. The molecule has 1 aliphatic heterocycles. The monoisotopic (exact) mass is 273 g/mol. The number of nitrogens with zero attached hydrogens (tertiary/aromatic N) is 1. The van der Waals surface area contributed by atoms with Crippen molar-refractivity contribution in [3.8, 4) is 0 Å². The van der Waals surface area contributed by atoms with Crippen molar-refractivity contribution < 1.29 is 8.42 Å². The maximum atomic E-state index is 12.1. The molecular formula is C12H16ClNO2S. The van der Waals surface area contributed by atoms with Crippen molar-refractivity contribution >= 4 is 21.6 Å². The van der Waals surface area contributed by atoms with E-state index in [0.717, 1.165) is 17.5 Å². The molecule has 5 heteroatoms. The fraction of sp³-hybridized carbons (Fsp3) is 0.500. The van der Waals surface area contributed by atoms with Gasteiger partial charge in [0, 0.05) is 19.0 Å². The summed E-state index contributed by atoms with van der Waals surface area (Å²) in [4.78, 5) is 0. The Hall–Kier alpha value is -0.580. The Labute approximate surface area is 107 Å². The number of hydrogen-bond donors (Lipinski definition) is 0. The lowest BCUT2D eigenvalue weighted by Crippen LogP contribution is -2.28. The van der Waals surface area contributed by atoms with Gasteiger partial charge in [0.25, 0.3) is 0 Å². The van der Waals surface area contributed by atoms with E-state index in [9.17, 15) is 8.42 Å². The number of halogens is 1. The lowest BCUT2D eigenvalue weighted by atomic mass is 10.1. The molecular weight excluding hydrogens is 258 g/mol. The lowest BCUT2D eigenvalue weighted by Gasteiger charge is -2.15. The van der Waals surface area contributed by atoms with E-state index in [2.05, 4.69) is 0 Å². The first-order valence-electron chi connectivity index (χ1n) is 5.74. The molecule has 0 amide bonds.